The Morgan fingerprint density at radius 3 is 2.65 bits per heavy atom. The third kappa shape index (κ3) is 4.67. The number of likely N-dealkylation sites (tertiary alicyclic amines) is 1. The van der Waals surface area contributed by atoms with Gasteiger partial charge in [0.2, 0.25) is 0 Å². The lowest BCUT2D eigenvalue weighted by Gasteiger charge is -2.23. The monoisotopic (exact) mass is 286 g/mol. The second kappa shape index (κ2) is 8.09. The molecule has 1 saturated heterocycles. The van der Waals surface area contributed by atoms with Crippen LogP contribution in [0.2, 0.25) is 0 Å². The first-order valence-electron chi connectivity index (χ1n) is 7.44. The average molecular weight is 286 g/mol. The Hall–Kier alpha value is -1.30. The van der Waals surface area contributed by atoms with E-state index in [1.807, 2.05) is 0 Å². The largest absolute Gasteiger partial charge is 0.480 e. The number of carboxylic acid groups (broad SMARTS) is 1. The lowest BCUT2D eigenvalue weighted by molar-refractivity contribution is -0.141. The molecule has 1 aliphatic heterocycles. The molecule has 0 radical (unpaired) electrons. The molecule has 116 valence electrons. The molecular weight excluding hydrogens is 260 g/mol. The molecule has 0 saturated carbocycles. The van der Waals surface area contributed by atoms with Gasteiger partial charge in [-0.1, -0.05) is 33.1 Å². The van der Waals surface area contributed by atoms with Crippen LogP contribution in [0.25, 0.3) is 0 Å². The molecule has 20 heavy (non-hydrogen) atoms. The zero-order valence-electron chi connectivity index (χ0n) is 12.3. The highest BCUT2D eigenvalue weighted by Gasteiger charge is 2.38. The van der Waals surface area contributed by atoms with Crippen molar-refractivity contribution in [3.63, 3.8) is 0 Å². The van der Waals surface area contributed by atoms with Gasteiger partial charge in [0.1, 0.15) is 6.04 Å². The molecule has 0 aromatic carbocycles. The average Bonchev–Trinajstić information content (AvgIpc) is 2.81. The van der Waals surface area contributed by atoms with Gasteiger partial charge >= 0.3 is 12.0 Å². The van der Waals surface area contributed by atoms with Gasteiger partial charge in [-0.05, 0) is 12.3 Å². The van der Waals surface area contributed by atoms with Crippen LogP contribution in [0.4, 0.5) is 4.79 Å². The van der Waals surface area contributed by atoms with Crippen molar-refractivity contribution >= 4 is 12.0 Å². The van der Waals surface area contributed by atoms with Gasteiger partial charge in [0, 0.05) is 19.5 Å². The number of carbonyl (C=O) groups is 2. The summed E-state index contributed by atoms with van der Waals surface area (Å²) in [7, 11) is 0. The molecule has 0 bridgehead atoms. The first-order chi connectivity index (χ1) is 9.49. The molecule has 0 spiro atoms. The van der Waals surface area contributed by atoms with Crippen molar-refractivity contribution in [2.75, 3.05) is 13.1 Å². The summed E-state index contributed by atoms with van der Waals surface area (Å²) < 4.78 is 0. The van der Waals surface area contributed by atoms with Crippen LogP contribution in [0.3, 0.4) is 0 Å². The Bertz CT molecular complexity index is 335. The highest BCUT2D eigenvalue weighted by molar-refractivity contribution is 5.83. The van der Waals surface area contributed by atoms with Crippen LogP contribution < -0.4 is 5.32 Å². The third-order valence-electron chi connectivity index (χ3n) is 3.91. The van der Waals surface area contributed by atoms with Crippen molar-refractivity contribution in [3.8, 4) is 0 Å². The van der Waals surface area contributed by atoms with Crippen molar-refractivity contribution in [2.45, 2.75) is 58.1 Å². The quantitative estimate of drug-likeness (QED) is 0.660. The first-order valence-corrected chi connectivity index (χ1v) is 7.44. The molecule has 0 aromatic rings. The summed E-state index contributed by atoms with van der Waals surface area (Å²) in [5.74, 6) is -0.635. The van der Waals surface area contributed by atoms with E-state index in [0.29, 0.717) is 12.5 Å². The number of carboxylic acids is 1. The minimum Gasteiger partial charge on any atom is -0.480 e. The number of nitrogens with zero attached hydrogens (tertiary/aromatic N) is 1. The lowest BCUT2D eigenvalue weighted by atomic mass is 9.99. The number of unbranched alkanes of at least 4 members (excludes halogenated alkanes) is 1. The molecule has 3 atom stereocenters. The summed E-state index contributed by atoms with van der Waals surface area (Å²) in [6.07, 6.45) is 3.68. The van der Waals surface area contributed by atoms with Crippen LogP contribution >= 0.6 is 0 Å². The molecule has 2 unspecified atom stereocenters. The second-order valence-electron chi connectivity index (χ2n) is 5.50. The molecule has 6 heteroatoms. The van der Waals surface area contributed by atoms with Crippen LogP contribution in [-0.4, -0.2) is 52.3 Å². The number of hydrogen-bond donors (Lipinski definition) is 3. The van der Waals surface area contributed by atoms with Crippen molar-refractivity contribution in [1.82, 2.24) is 10.2 Å². The standard InChI is InChI=1S/C14H26N2O4/c1-3-5-6-10(4-2)8-15-14(20)16-9-11(17)7-12(16)13(18)19/h10-12,17H,3-9H2,1-2H3,(H,15,20)(H,18,19)/t10?,11?,12-/m0/s1. The maximum absolute atomic E-state index is 12.0. The minimum absolute atomic E-state index is 0.0918. The number of aliphatic hydroxyl groups is 1. The van der Waals surface area contributed by atoms with E-state index in [0.717, 1.165) is 25.7 Å². The second-order valence-corrected chi connectivity index (χ2v) is 5.50. The Labute approximate surface area is 120 Å². The number of carbonyl (C=O) groups excluding carboxylic acids is 1. The van der Waals surface area contributed by atoms with Crippen LogP contribution in [0.5, 0.6) is 0 Å². The fourth-order valence-corrected chi connectivity index (χ4v) is 2.55. The summed E-state index contributed by atoms with van der Waals surface area (Å²) in [4.78, 5) is 24.3. The molecule has 6 nitrogen and oxygen atoms in total. The predicted octanol–water partition coefficient (Wildman–Crippen LogP) is 1.43. The van der Waals surface area contributed by atoms with Crippen molar-refractivity contribution in [3.05, 3.63) is 0 Å². The van der Waals surface area contributed by atoms with Gasteiger partial charge in [-0.2, -0.15) is 0 Å². The molecule has 3 N–H and O–H groups in total. The maximum atomic E-state index is 12.0. The van der Waals surface area contributed by atoms with E-state index in [2.05, 4.69) is 19.2 Å². The van der Waals surface area contributed by atoms with Crippen molar-refractivity contribution in [1.29, 1.82) is 0 Å². The van der Waals surface area contributed by atoms with E-state index < -0.39 is 18.1 Å². The molecule has 0 aromatic heterocycles. The Morgan fingerprint density at radius 1 is 1.40 bits per heavy atom. The summed E-state index contributed by atoms with van der Waals surface area (Å²) in [5.41, 5.74) is 0. The van der Waals surface area contributed by atoms with E-state index >= 15 is 0 Å². The molecule has 1 heterocycles. The topological polar surface area (TPSA) is 89.9 Å². The van der Waals surface area contributed by atoms with Crippen LogP contribution in [0.1, 0.15) is 46.0 Å². The Balaban J connectivity index is 2.46. The summed E-state index contributed by atoms with van der Waals surface area (Å²) in [6, 6.07) is -1.30. The minimum atomic E-state index is -1.06. The maximum Gasteiger partial charge on any atom is 0.326 e. The summed E-state index contributed by atoms with van der Waals surface area (Å²) >= 11 is 0. The normalized spacial score (nSPS) is 23.6. The molecular formula is C14H26N2O4. The fourth-order valence-electron chi connectivity index (χ4n) is 2.55. The Kier molecular flexibility index (Phi) is 6.78. The molecule has 1 fully saturated rings. The number of nitrogens with one attached hydrogen (secondary N) is 1. The zero-order chi connectivity index (χ0) is 15.1. The van der Waals surface area contributed by atoms with Crippen molar-refractivity contribution in [2.24, 2.45) is 5.92 Å². The number of amides is 2. The highest BCUT2D eigenvalue weighted by Crippen LogP contribution is 2.18. The predicted molar refractivity (Wildman–Crippen MR) is 75.5 cm³/mol. The number of aliphatic hydroxyl groups excluding tert-OH is 1. The SMILES string of the molecule is CCCCC(CC)CNC(=O)N1CC(O)C[C@H]1C(=O)O. The van der Waals surface area contributed by atoms with Gasteiger partial charge in [0.25, 0.3) is 0 Å². The number of hydrogen-bond acceptors (Lipinski definition) is 3. The van der Waals surface area contributed by atoms with Crippen LogP contribution in [0, 0.1) is 5.92 Å². The smallest absolute Gasteiger partial charge is 0.326 e. The van der Waals surface area contributed by atoms with E-state index in [1.165, 1.54) is 4.90 Å². The molecule has 1 aliphatic rings. The van der Waals surface area contributed by atoms with E-state index in [1.54, 1.807) is 0 Å². The Morgan fingerprint density at radius 2 is 2.10 bits per heavy atom. The van der Waals surface area contributed by atoms with E-state index in [9.17, 15) is 14.7 Å². The lowest BCUT2D eigenvalue weighted by Crippen LogP contribution is -2.47. The summed E-state index contributed by atoms with van der Waals surface area (Å²) in [5, 5.41) is 21.4. The molecule has 1 rings (SSSR count). The number of aliphatic carboxylic acids is 1. The van der Waals surface area contributed by atoms with Crippen molar-refractivity contribution < 1.29 is 19.8 Å². The van der Waals surface area contributed by atoms with Gasteiger partial charge in [-0.15, -0.1) is 0 Å². The van der Waals surface area contributed by atoms with Crippen LogP contribution in [0.15, 0.2) is 0 Å². The van der Waals surface area contributed by atoms with Gasteiger partial charge in [-0.25, -0.2) is 9.59 Å². The third-order valence-corrected chi connectivity index (χ3v) is 3.91. The van der Waals surface area contributed by atoms with E-state index in [4.69, 9.17) is 5.11 Å². The first kappa shape index (κ1) is 16.8. The van der Waals surface area contributed by atoms with Gasteiger partial charge < -0.3 is 20.4 Å². The van der Waals surface area contributed by atoms with E-state index in [-0.39, 0.29) is 19.0 Å². The summed E-state index contributed by atoms with van der Waals surface area (Å²) in [6.45, 7) is 4.88. The zero-order valence-corrected chi connectivity index (χ0v) is 12.3. The van der Waals surface area contributed by atoms with Gasteiger partial charge in [0.15, 0.2) is 0 Å². The fraction of sp³-hybridized carbons (Fsp3) is 0.857. The number of rotatable bonds is 7. The molecule has 0 aliphatic carbocycles. The molecule has 2 amide bonds. The van der Waals surface area contributed by atoms with Crippen LogP contribution in [-0.2, 0) is 4.79 Å². The highest BCUT2D eigenvalue weighted by atomic mass is 16.4. The van der Waals surface area contributed by atoms with Gasteiger partial charge in [0.05, 0.1) is 6.10 Å². The van der Waals surface area contributed by atoms with Gasteiger partial charge in [-0.3, -0.25) is 0 Å². The number of urea groups is 1. The number of β-amino-alcohol motifs (C(OH)–C–C–N with tert-alkyl or cyclic N) is 1.